The summed E-state index contributed by atoms with van der Waals surface area (Å²) < 4.78 is 64.8. The van der Waals surface area contributed by atoms with Crippen LogP contribution in [0, 0.1) is 6.92 Å². The number of benzene rings is 7. The second-order valence-corrected chi connectivity index (χ2v) is 36.5. The van der Waals surface area contributed by atoms with Crippen molar-refractivity contribution in [1.29, 1.82) is 0 Å². The number of hydrogen-bond acceptors (Lipinski definition) is 33. The van der Waals surface area contributed by atoms with Gasteiger partial charge in [0.15, 0.2) is 40.9 Å². The highest BCUT2D eigenvalue weighted by molar-refractivity contribution is 6.32. The molecule has 17 bridgehead atoms. The number of fused-ring (bicyclic) bond motifs is 14. The Labute approximate surface area is 804 Å². The van der Waals surface area contributed by atoms with E-state index in [1.165, 1.54) is 42.5 Å². The van der Waals surface area contributed by atoms with Crippen LogP contribution in [0.1, 0.15) is 179 Å². The van der Waals surface area contributed by atoms with Gasteiger partial charge in [0.05, 0.1) is 24.7 Å². The zero-order valence-corrected chi connectivity index (χ0v) is 77.0. The summed E-state index contributed by atoms with van der Waals surface area (Å²) in [5.74, 6) is -18.9. The maximum Gasteiger partial charge on any atom is 0.330 e. The van der Waals surface area contributed by atoms with E-state index in [2.05, 4.69) is 42.5 Å². The van der Waals surface area contributed by atoms with Crippen LogP contribution in [0.4, 0.5) is 0 Å². The highest BCUT2D eigenvalue weighted by Gasteiger charge is 2.77. The number of phenolic OH excluding ortho intramolecular Hbond substituents is 4. The van der Waals surface area contributed by atoms with Crippen LogP contribution < -0.4 is 66.2 Å². The minimum atomic E-state index is -2.98. The van der Waals surface area contributed by atoms with E-state index in [1.54, 1.807) is 13.0 Å². The maximum absolute atomic E-state index is 17.3. The summed E-state index contributed by atoms with van der Waals surface area (Å²) in [4.78, 5) is 154. The Morgan fingerprint density at radius 3 is 1.78 bits per heavy atom. The number of aryl methyl sites for hydroxylation is 1. The molecular weight excluding hydrogens is 1860 g/mol. The molecule has 8 amide bonds. The SMILES string of the molecule is CCCCCCCCC(=O)NC1C(O)[C@H](O)C(COC(=O)CCCCCCC)O[C@H]1Oc1c2cc3cc1Oc1ccc(cc1Cl)[C@@]1(O[C@@H]4OC(CO)[C@@H](O)C(O)C4NC(C)=O)C[C@]14NC(=O)[C@H](NC(=O)[C@@H]3NC(=O)[C@H]1NC(=O)[C@@H](Cc3ccc(c(C)c3)O2)NC(=O)Cc2ccc(O)c(c2)Oc2cc(O)cc1c2)c1ccc(O)c(c1)-c1c(O[C@H]2OC(CO)[C@@H](O)C(O)C2O)cc(O)cc1[C@@H](C(=O)O)NC4=O. The number of aliphatic carboxylic acids is 1. The first-order valence-electron chi connectivity index (χ1n) is 46.1. The topological polar surface area (TPSA) is 642 Å². The number of carboxylic acids is 1. The van der Waals surface area contributed by atoms with Gasteiger partial charge in [-0.15, -0.1) is 0 Å². The first-order chi connectivity index (χ1) is 66.9. The van der Waals surface area contributed by atoms with Crippen molar-refractivity contribution < 1.29 is 167 Å². The number of carbonyl (C=O) groups excluding carboxylic acids is 9. The minimum Gasteiger partial charge on any atom is -0.508 e. The quantitative estimate of drug-likeness (QED) is 0.0271. The molecule has 4 fully saturated rings. The third kappa shape index (κ3) is 21.7. The van der Waals surface area contributed by atoms with Crippen LogP contribution in [-0.4, -0.2) is 254 Å². The van der Waals surface area contributed by atoms with Crippen LogP contribution >= 0.6 is 11.6 Å². The number of phenols is 4. The van der Waals surface area contributed by atoms with Gasteiger partial charge in [-0.1, -0.05) is 114 Å². The van der Waals surface area contributed by atoms with Gasteiger partial charge in [-0.25, -0.2) is 4.79 Å². The van der Waals surface area contributed by atoms with Crippen molar-refractivity contribution in [3.05, 3.63) is 165 Å². The summed E-state index contributed by atoms with van der Waals surface area (Å²) in [5, 5.41) is 183. The van der Waals surface area contributed by atoms with Crippen LogP contribution in [0.15, 0.2) is 115 Å². The highest BCUT2D eigenvalue weighted by Crippen LogP contribution is 2.62. The molecule has 3 saturated heterocycles. The molecule has 22 atom stereocenters. The predicted octanol–water partition coefficient (Wildman–Crippen LogP) is 3.81. The Morgan fingerprint density at radius 1 is 0.521 bits per heavy atom. The Hall–Kier alpha value is -12.8. The third-order valence-electron chi connectivity index (χ3n) is 26.0. The maximum atomic E-state index is 17.3. The van der Waals surface area contributed by atoms with Crippen molar-refractivity contribution in [2.45, 2.75) is 264 Å². The normalized spacial score (nSPS) is 28.6. The van der Waals surface area contributed by atoms with Crippen LogP contribution in [0.5, 0.6) is 69.0 Å². The first kappa shape index (κ1) is 102. The van der Waals surface area contributed by atoms with E-state index in [0.29, 0.717) is 31.2 Å². The summed E-state index contributed by atoms with van der Waals surface area (Å²) in [5.41, 5.74) is -8.62. The van der Waals surface area contributed by atoms with Gasteiger partial charge in [0.25, 0.3) is 0 Å². The lowest BCUT2D eigenvalue weighted by atomic mass is 9.89. The summed E-state index contributed by atoms with van der Waals surface area (Å²) in [6.07, 6.45) is -20.1. The molecule has 22 N–H and O–H groups in total. The van der Waals surface area contributed by atoms with Gasteiger partial charge in [0.2, 0.25) is 65.6 Å². The van der Waals surface area contributed by atoms with Crippen LogP contribution in [-0.2, 0) is 90.1 Å². The number of aliphatic hydroxyl groups is 9. The predicted molar refractivity (Wildman–Crippen MR) is 485 cm³/mol. The lowest BCUT2D eigenvalue weighted by Crippen LogP contribution is -2.66. The van der Waals surface area contributed by atoms with Gasteiger partial charge < -0.3 is 161 Å². The molecule has 7 aromatic carbocycles. The average molecular weight is 1970 g/mol. The number of aliphatic hydroxyl groups excluding tert-OH is 9. The smallest absolute Gasteiger partial charge is 0.330 e. The van der Waals surface area contributed by atoms with E-state index in [0.717, 1.165) is 119 Å². The molecular formula is C97H111ClN8O34. The van der Waals surface area contributed by atoms with E-state index in [4.69, 9.17) is 59.0 Å². The van der Waals surface area contributed by atoms with Gasteiger partial charge in [-0.3, -0.25) is 43.2 Å². The zero-order chi connectivity index (χ0) is 100. The largest absolute Gasteiger partial charge is 0.508 e. The van der Waals surface area contributed by atoms with Gasteiger partial charge in [-0.05, 0) is 132 Å². The summed E-state index contributed by atoms with van der Waals surface area (Å²) in [6, 6.07) is 6.69. The molecule has 7 aromatic rings. The van der Waals surface area contributed by atoms with Crippen LogP contribution in [0.25, 0.3) is 11.1 Å². The fourth-order valence-electron chi connectivity index (χ4n) is 18.5. The first-order valence-corrected chi connectivity index (χ1v) is 46.5. The fourth-order valence-corrected chi connectivity index (χ4v) is 18.7. The number of nitrogens with one attached hydrogen (secondary N) is 8. The molecule has 9 heterocycles. The molecule has 1 aliphatic carbocycles. The second-order valence-electron chi connectivity index (χ2n) is 36.1. The Morgan fingerprint density at radius 2 is 1.11 bits per heavy atom. The van der Waals surface area contributed by atoms with Crippen molar-refractivity contribution in [1.82, 2.24) is 42.5 Å². The number of hydrogen-bond donors (Lipinski definition) is 22. The minimum absolute atomic E-state index is 0.0577. The lowest BCUT2D eigenvalue weighted by Gasteiger charge is -2.44. The summed E-state index contributed by atoms with van der Waals surface area (Å²) in [6.45, 7) is 3.78. The zero-order valence-electron chi connectivity index (χ0n) is 76.3. The Bertz CT molecular complexity index is 5870. The molecule has 9 aliphatic heterocycles. The monoisotopic (exact) mass is 1970 g/mol. The van der Waals surface area contributed by atoms with Gasteiger partial charge >= 0.3 is 11.9 Å². The molecule has 140 heavy (non-hydrogen) atoms. The van der Waals surface area contributed by atoms with E-state index in [9.17, 15) is 95.5 Å². The van der Waals surface area contributed by atoms with E-state index < -0.39 is 310 Å². The van der Waals surface area contributed by atoms with Gasteiger partial charge in [-0.2, -0.15) is 0 Å². The van der Waals surface area contributed by atoms with Gasteiger partial charge in [0.1, 0.15) is 150 Å². The van der Waals surface area contributed by atoms with Crippen molar-refractivity contribution in [3.8, 4) is 80.1 Å². The van der Waals surface area contributed by atoms with E-state index in [-0.39, 0.29) is 58.8 Å². The Balaban J connectivity index is 0.992. The number of aromatic hydroxyl groups is 4. The van der Waals surface area contributed by atoms with Crippen molar-refractivity contribution >= 4 is 70.8 Å². The molecule has 9 unspecified atom stereocenters. The standard InChI is InChI=1S/C97H111ClN8O34/c1-5-7-9-11-13-14-16-69(114)101-77-82(120)81(119)68(41-131-71(116)17-15-12-10-8-6-2)138-92(77)139-86-64-33-49-34-65(86)134-61-25-21-50(35-56(61)98)97(140-93-78(99-44(4)109)83(121)79(117)66(39-107)136-93)42-96(97)95(130)105-76(91(128)129)55-37-52(111)38-63(135-94-85(123)84(122)80(118)67(40-108)137-94)72(55)54-32-47(20-23-58(54)112)73(90(127)106-96)103-89(126)75(49)104-88(125)74-48-30-51(110)36-53(31-48)132-62-28-46(18-22-59(62)113)29-70(115)100-57(87(124)102-74)27-45-19-24-60(133-64)43(3)26-45/h18-26,28,30-38,57,66-68,73-85,92-94,107-108,110-113,117-123H,5-17,27,29,39-42H2,1-4H3,(H,99,109)(H,100,115)(H,101,114)(H,102,124)(H,103,126)(H,104,125)(H,105,130)(H,106,127)(H,128,129)/t57-,66?,67?,68?,73-,74+,75-,76+,77?,78?,79-,80-,81-,82?,83?,84?,85?,92+,93+,94+,96-,97+/m1/s1. The average Bonchev–Trinajstić information content (AvgIpc) is 1.50. The second kappa shape index (κ2) is 43.1. The summed E-state index contributed by atoms with van der Waals surface area (Å²) in [7, 11) is 0. The molecule has 1 saturated carbocycles. The Kier molecular flexibility index (Phi) is 31.3. The number of halogens is 1. The molecule has 0 aromatic heterocycles. The molecule has 10 aliphatic rings. The molecule has 17 rings (SSSR count). The summed E-state index contributed by atoms with van der Waals surface area (Å²) >= 11 is 7.63. The van der Waals surface area contributed by atoms with E-state index >= 15 is 24.0 Å². The van der Waals surface area contributed by atoms with Crippen molar-refractivity contribution in [2.24, 2.45) is 0 Å². The highest BCUT2D eigenvalue weighted by atomic mass is 35.5. The fraction of sp³-hybridized carbons (Fsp3) is 0.464. The molecule has 43 heteroatoms. The number of rotatable bonds is 26. The lowest BCUT2D eigenvalue weighted by molar-refractivity contribution is -0.290. The number of carbonyl (C=O) groups is 10. The molecule has 0 radical (unpaired) electrons. The number of ether oxygens (including phenoxy) is 10. The molecule has 1 spiro atoms. The molecule has 750 valence electrons. The van der Waals surface area contributed by atoms with E-state index in [1.807, 2.05) is 13.8 Å². The number of esters is 1. The van der Waals surface area contributed by atoms with Crippen LogP contribution in [0.3, 0.4) is 0 Å². The third-order valence-corrected chi connectivity index (χ3v) is 26.3. The number of amides is 8. The van der Waals surface area contributed by atoms with Crippen LogP contribution in [0.2, 0.25) is 5.02 Å². The molecule has 42 nitrogen and oxygen atoms in total. The van der Waals surface area contributed by atoms with Crippen molar-refractivity contribution in [3.63, 3.8) is 0 Å². The van der Waals surface area contributed by atoms with Gasteiger partial charge in [0, 0.05) is 61.4 Å². The van der Waals surface area contributed by atoms with Crippen molar-refractivity contribution in [2.75, 3.05) is 19.8 Å². The number of unbranched alkanes of at least 4 members (excludes halogenated alkanes) is 9. The number of carboxylic acid groups (broad SMARTS) is 1.